The third kappa shape index (κ3) is 1.48. The number of benzene rings is 1. The number of rotatable bonds is 1. The molecule has 104 valence electrons. The number of hydrogen-bond donors (Lipinski definition) is 1. The van der Waals surface area contributed by atoms with Crippen molar-refractivity contribution in [2.75, 3.05) is 11.9 Å². The van der Waals surface area contributed by atoms with Gasteiger partial charge < -0.3 is 10.2 Å². The molecule has 2 aliphatic heterocycles. The van der Waals surface area contributed by atoms with Gasteiger partial charge in [-0.15, -0.1) is 5.92 Å². The maximum Gasteiger partial charge on any atom is 0.229 e. The van der Waals surface area contributed by atoms with Crippen molar-refractivity contribution >= 4 is 11.6 Å². The quantitative estimate of drug-likeness (QED) is 0.799. The van der Waals surface area contributed by atoms with Crippen LogP contribution in [0.1, 0.15) is 18.9 Å². The smallest absolute Gasteiger partial charge is 0.229 e. The van der Waals surface area contributed by atoms with Crippen molar-refractivity contribution in [3.63, 3.8) is 0 Å². The number of likely N-dealkylation sites (tertiary alicyclic amines) is 1. The van der Waals surface area contributed by atoms with E-state index in [0.717, 1.165) is 11.4 Å². The average Bonchev–Trinajstić information content (AvgIpc) is 2.97. The molecule has 1 N–H and O–H groups in total. The minimum Gasteiger partial charge on any atom is -0.377 e. The van der Waals surface area contributed by atoms with Crippen LogP contribution >= 0.6 is 0 Å². The fourth-order valence-electron chi connectivity index (χ4n) is 3.80. The molecule has 0 unspecified atom stereocenters. The van der Waals surface area contributed by atoms with Crippen LogP contribution in [0.3, 0.4) is 0 Å². The van der Waals surface area contributed by atoms with Crippen LogP contribution in [0.4, 0.5) is 5.69 Å². The molecular formula is C18H16N2O. The second kappa shape index (κ2) is 4.26. The van der Waals surface area contributed by atoms with Gasteiger partial charge in [-0.2, -0.15) is 0 Å². The van der Waals surface area contributed by atoms with Gasteiger partial charge in [-0.3, -0.25) is 4.79 Å². The summed E-state index contributed by atoms with van der Waals surface area (Å²) >= 11 is 0. The Balaban J connectivity index is 1.88. The highest BCUT2D eigenvalue weighted by molar-refractivity contribution is 5.89. The molecule has 1 aromatic carbocycles. The number of carbonyl (C=O) groups excluding carboxylic acids is 1. The van der Waals surface area contributed by atoms with E-state index < -0.39 is 0 Å². The number of allylic oxidation sites excluding steroid dienone is 2. The summed E-state index contributed by atoms with van der Waals surface area (Å²) in [5.41, 5.74) is 3.19. The Hall–Kier alpha value is -2.47. The second-order valence-corrected chi connectivity index (χ2v) is 5.66. The average molecular weight is 276 g/mol. The summed E-state index contributed by atoms with van der Waals surface area (Å²) in [7, 11) is 0. The van der Waals surface area contributed by atoms with E-state index in [4.69, 9.17) is 0 Å². The van der Waals surface area contributed by atoms with Gasteiger partial charge in [-0.1, -0.05) is 36.3 Å². The molecule has 3 nitrogen and oxygen atoms in total. The van der Waals surface area contributed by atoms with Gasteiger partial charge in [0, 0.05) is 17.8 Å². The summed E-state index contributed by atoms with van der Waals surface area (Å²) in [6.45, 7) is 2.28. The van der Waals surface area contributed by atoms with Crippen molar-refractivity contribution < 1.29 is 4.79 Å². The fraction of sp³-hybridized carbons (Fsp3) is 0.278. The molecule has 1 saturated heterocycles. The molecule has 0 bridgehead atoms. The molecule has 1 aliphatic carbocycles. The van der Waals surface area contributed by atoms with Crippen LogP contribution in [0.2, 0.25) is 0 Å². The van der Waals surface area contributed by atoms with E-state index in [-0.39, 0.29) is 17.4 Å². The van der Waals surface area contributed by atoms with Crippen LogP contribution in [0.5, 0.6) is 0 Å². The van der Waals surface area contributed by atoms with E-state index >= 15 is 0 Å². The van der Waals surface area contributed by atoms with Crippen molar-refractivity contribution in [3.05, 3.63) is 53.8 Å². The third-order valence-corrected chi connectivity index (χ3v) is 4.70. The lowest BCUT2D eigenvalue weighted by Gasteiger charge is -2.34. The van der Waals surface area contributed by atoms with Crippen LogP contribution in [0.25, 0.3) is 0 Å². The molecule has 0 radical (unpaired) electrons. The van der Waals surface area contributed by atoms with Crippen LogP contribution in [0, 0.1) is 11.8 Å². The molecular weight excluding hydrogens is 260 g/mol. The van der Waals surface area contributed by atoms with Gasteiger partial charge in [-0.25, -0.2) is 0 Å². The molecule has 2 heterocycles. The molecule has 4 rings (SSSR count). The predicted molar refractivity (Wildman–Crippen MR) is 82.5 cm³/mol. The van der Waals surface area contributed by atoms with Crippen molar-refractivity contribution in [2.45, 2.75) is 24.8 Å². The highest BCUT2D eigenvalue weighted by atomic mass is 16.2. The first-order valence-electron chi connectivity index (χ1n) is 7.22. The van der Waals surface area contributed by atoms with Crippen LogP contribution < -0.4 is 5.32 Å². The summed E-state index contributed by atoms with van der Waals surface area (Å²) in [4.78, 5) is 14.4. The summed E-state index contributed by atoms with van der Waals surface area (Å²) in [5.74, 6) is 6.07. The van der Waals surface area contributed by atoms with Gasteiger partial charge in [0.15, 0.2) is 0 Å². The standard InChI is InChI=1S/C18H16N2O/c1-2-3-11-20-16-10-6-9-15-18(16,12-17(20)21)13-7-4-5-8-14(13)19-15/h4-10,15,19H,11-12H2,1H3/t15-,18-/m0/s1. The number of hydrogen-bond acceptors (Lipinski definition) is 2. The number of anilines is 1. The maximum atomic E-state index is 12.6. The van der Waals surface area contributed by atoms with Gasteiger partial charge in [0.05, 0.1) is 18.0 Å². The summed E-state index contributed by atoms with van der Waals surface area (Å²) in [5, 5.41) is 3.55. The predicted octanol–water partition coefficient (Wildman–Crippen LogP) is 2.43. The zero-order valence-corrected chi connectivity index (χ0v) is 11.9. The van der Waals surface area contributed by atoms with Crippen molar-refractivity contribution in [1.82, 2.24) is 4.90 Å². The molecule has 1 aromatic rings. The Morgan fingerprint density at radius 2 is 2.29 bits per heavy atom. The topological polar surface area (TPSA) is 32.3 Å². The lowest BCUT2D eigenvalue weighted by molar-refractivity contribution is -0.126. The second-order valence-electron chi connectivity index (χ2n) is 5.66. The molecule has 1 spiro atoms. The number of nitrogens with zero attached hydrogens (tertiary/aromatic N) is 1. The zero-order valence-electron chi connectivity index (χ0n) is 11.9. The Kier molecular flexibility index (Phi) is 2.49. The van der Waals surface area contributed by atoms with E-state index in [0.29, 0.717) is 13.0 Å². The van der Waals surface area contributed by atoms with Crippen LogP contribution in [0.15, 0.2) is 48.2 Å². The Labute approximate surface area is 124 Å². The van der Waals surface area contributed by atoms with Gasteiger partial charge in [0.2, 0.25) is 5.91 Å². The molecule has 1 fully saturated rings. The Morgan fingerprint density at radius 1 is 1.43 bits per heavy atom. The summed E-state index contributed by atoms with van der Waals surface area (Å²) in [6.07, 6.45) is 6.79. The largest absolute Gasteiger partial charge is 0.377 e. The number of carbonyl (C=O) groups is 1. The lowest BCUT2D eigenvalue weighted by Crippen LogP contribution is -2.40. The SMILES string of the molecule is CC#CCN1C(=O)C[C@@]23C1=CC=C[C@@H]2Nc1ccccc13. The van der Waals surface area contributed by atoms with Crippen LogP contribution in [-0.4, -0.2) is 23.4 Å². The Bertz CT molecular complexity index is 750. The lowest BCUT2D eigenvalue weighted by atomic mass is 9.71. The molecule has 21 heavy (non-hydrogen) atoms. The molecule has 3 heteroatoms. The van der Waals surface area contributed by atoms with Gasteiger partial charge in [-0.05, 0) is 24.6 Å². The minimum absolute atomic E-state index is 0.151. The van der Waals surface area contributed by atoms with Crippen molar-refractivity contribution in [1.29, 1.82) is 0 Å². The summed E-state index contributed by atoms with van der Waals surface area (Å²) < 4.78 is 0. The van der Waals surface area contributed by atoms with Crippen molar-refractivity contribution in [3.8, 4) is 11.8 Å². The fourth-order valence-corrected chi connectivity index (χ4v) is 3.80. The summed E-state index contributed by atoms with van der Waals surface area (Å²) in [6, 6.07) is 8.46. The van der Waals surface area contributed by atoms with E-state index in [1.807, 2.05) is 23.1 Å². The molecule has 1 amide bonds. The number of amides is 1. The first kappa shape index (κ1) is 12.3. The van der Waals surface area contributed by atoms with E-state index in [1.165, 1.54) is 5.56 Å². The van der Waals surface area contributed by atoms with Gasteiger partial charge in [0.1, 0.15) is 0 Å². The third-order valence-electron chi connectivity index (χ3n) is 4.70. The maximum absolute atomic E-state index is 12.6. The minimum atomic E-state index is -0.252. The van der Waals surface area contributed by atoms with Crippen molar-refractivity contribution in [2.24, 2.45) is 0 Å². The Morgan fingerprint density at radius 3 is 3.14 bits per heavy atom. The monoisotopic (exact) mass is 276 g/mol. The van der Waals surface area contributed by atoms with Gasteiger partial charge in [0.25, 0.3) is 0 Å². The van der Waals surface area contributed by atoms with Gasteiger partial charge >= 0.3 is 0 Å². The van der Waals surface area contributed by atoms with Crippen LogP contribution in [-0.2, 0) is 10.2 Å². The zero-order chi connectivity index (χ0) is 14.4. The molecule has 2 atom stereocenters. The molecule has 0 saturated carbocycles. The number of fused-ring (bicyclic) bond motifs is 1. The van der Waals surface area contributed by atoms with E-state index in [1.54, 1.807) is 6.92 Å². The normalized spacial score (nSPS) is 28.0. The highest BCUT2D eigenvalue weighted by Crippen LogP contribution is 2.54. The molecule has 3 aliphatic rings. The first-order valence-corrected chi connectivity index (χ1v) is 7.22. The molecule has 0 aromatic heterocycles. The number of nitrogens with one attached hydrogen (secondary N) is 1. The number of para-hydroxylation sites is 1. The van der Waals surface area contributed by atoms with E-state index in [2.05, 4.69) is 41.4 Å². The van der Waals surface area contributed by atoms with E-state index in [9.17, 15) is 4.79 Å². The first-order chi connectivity index (χ1) is 10.3. The highest BCUT2D eigenvalue weighted by Gasteiger charge is 2.57.